The SMILES string of the molecule is CC(O)Cn1cnc2c(N)ncnc21.[H-].[H-].[Mg+2]. The first-order chi connectivity index (χ1) is 6.68. The zero-order valence-corrected chi connectivity index (χ0v) is 9.87. The number of aromatic nitrogens is 4. The molecule has 0 saturated heterocycles. The van der Waals surface area contributed by atoms with Crippen molar-refractivity contribution in [2.24, 2.45) is 0 Å². The summed E-state index contributed by atoms with van der Waals surface area (Å²) in [5, 5.41) is 9.23. The van der Waals surface area contributed by atoms with E-state index in [1.165, 1.54) is 6.33 Å². The number of nitrogens with zero attached hydrogens (tertiary/aromatic N) is 4. The molecule has 0 radical (unpaired) electrons. The van der Waals surface area contributed by atoms with Crippen molar-refractivity contribution < 1.29 is 7.96 Å². The first kappa shape index (κ1) is 12.1. The van der Waals surface area contributed by atoms with Gasteiger partial charge in [-0.3, -0.25) is 0 Å². The molecule has 2 heterocycles. The monoisotopic (exact) mass is 219 g/mol. The van der Waals surface area contributed by atoms with Crippen molar-refractivity contribution in [3.8, 4) is 0 Å². The van der Waals surface area contributed by atoms with E-state index in [9.17, 15) is 5.11 Å². The molecule has 1 atom stereocenters. The van der Waals surface area contributed by atoms with Crippen molar-refractivity contribution in [2.75, 3.05) is 5.73 Å². The fraction of sp³-hybridized carbons (Fsp3) is 0.375. The average molecular weight is 220 g/mol. The van der Waals surface area contributed by atoms with Gasteiger partial charge in [0.1, 0.15) is 11.8 Å². The molecule has 3 N–H and O–H groups in total. The summed E-state index contributed by atoms with van der Waals surface area (Å²) in [4.78, 5) is 12.0. The van der Waals surface area contributed by atoms with Crippen LogP contribution in [0.15, 0.2) is 12.7 Å². The fourth-order valence-corrected chi connectivity index (χ4v) is 1.32. The minimum Gasteiger partial charge on any atom is -1.00 e. The molecule has 7 heteroatoms. The normalized spacial score (nSPS) is 12.4. The van der Waals surface area contributed by atoms with E-state index < -0.39 is 6.10 Å². The predicted octanol–water partition coefficient (Wildman–Crippen LogP) is -0.367. The van der Waals surface area contributed by atoms with Gasteiger partial charge in [-0.2, -0.15) is 0 Å². The molecule has 0 aliphatic heterocycles. The number of hydrogen-bond acceptors (Lipinski definition) is 5. The minimum absolute atomic E-state index is 0. The van der Waals surface area contributed by atoms with Crippen LogP contribution in [0.25, 0.3) is 11.2 Å². The molecular weight excluding hydrogens is 206 g/mol. The van der Waals surface area contributed by atoms with E-state index in [-0.39, 0.29) is 25.9 Å². The summed E-state index contributed by atoms with van der Waals surface area (Å²) in [6.45, 7) is 2.16. The first-order valence-corrected chi connectivity index (χ1v) is 4.28. The second-order valence-corrected chi connectivity index (χ2v) is 3.18. The summed E-state index contributed by atoms with van der Waals surface area (Å²) in [5.41, 5.74) is 6.84. The number of imidazole rings is 1. The Kier molecular flexibility index (Phi) is 3.83. The Morgan fingerprint density at radius 3 is 2.93 bits per heavy atom. The summed E-state index contributed by atoms with van der Waals surface area (Å²) in [6, 6.07) is 0. The van der Waals surface area contributed by atoms with Gasteiger partial charge in [-0.15, -0.1) is 0 Å². The summed E-state index contributed by atoms with van der Waals surface area (Å²) in [5.74, 6) is 0.361. The molecule has 0 aliphatic carbocycles. The Morgan fingerprint density at radius 2 is 2.27 bits per heavy atom. The third-order valence-electron chi connectivity index (χ3n) is 1.89. The van der Waals surface area contributed by atoms with Crippen molar-refractivity contribution >= 4 is 40.0 Å². The van der Waals surface area contributed by atoms with Crippen molar-refractivity contribution in [1.29, 1.82) is 0 Å². The van der Waals surface area contributed by atoms with Crippen LogP contribution in [0.4, 0.5) is 5.82 Å². The van der Waals surface area contributed by atoms with Crippen LogP contribution in [0.3, 0.4) is 0 Å². The van der Waals surface area contributed by atoms with Crippen molar-refractivity contribution in [1.82, 2.24) is 19.5 Å². The molecule has 15 heavy (non-hydrogen) atoms. The number of rotatable bonds is 2. The molecule has 0 spiro atoms. The van der Waals surface area contributed by atoms with E-state index in [4.69, 9.17) is 5.73 Å². The Bertz CT molecular complexity index is 464. The Labute approximate surface area is 106 Å². The van der Waals surface area contributed by atoms with E-state index in [1.54, 1.807) is 17.8 Å². The summed E-state index contributed by atoms with van der Waals surface area (Å²) in [7, 11) is 0. The minimum atomic E-state index is -0.441. The standard InChI is InChI=1S/C8H11N5O.Mg.2H/c1-5(14)2-13-4-12-6-7(9)10-3-11-8(6)13;;;/h3-5,14H,2H2,1H3,(H2,9,10,11);;;/q;+2;2*-1. The molecule has 1 unspecified atom stereocenters. The summed E-state index contributed by atoms with van der Waals surface area (Å²) in [6.07, 6.45) is 2.55. The van der Waals surface area contributed by atoms with E-state index >= 15 is 0 Å². The molecule has 2 aromatic rings. The smallest absolute Gasteiger partial charge is 1.00 e. The van der Waals surface area contributed by atoms with E-state index in [2.05, 4.69) is 15.0 Å². The number of nitrogens with two attached hydrogens (primary N) is 1. The third kappa shape index (κ3) is 2.36. The summed E-state index contributed by atoms with van der Waals surface area (Å²) < 4.78 is 1.75. The molecular formula is C8H13MgN5O. The fourth-order valence-electron chi connectivity index (χ4n) is 1.32. The van der Waals surface area contributed by atoms with E-state index in [0.717, 1.165) is 0 Å². The van der Waals surface area contributed by atoms with E-state index in [1.807, 2.05) is 0 Å². The molecule has 2 rings (SSSR count). The molecule has 0 aromatic carbocycles. The van der Waals surface area contributed by atoms with Gasteiger partial charge in [-0.25, -0.2) is 15.0 Å². The van der Waals surface area contributed by atoms with Gasteiger partial charge >= 0.3 is 23.1 Å². The zero-order valence-electron chi connectivity index (χ0n) is 10.5. The predicted molar refractivity (Wildman–Crippen MR) is 59.4 cm³/mol. The van der Waals surface area contributed by atoms with Gasteiger partial charge in [-0.05, 0) is 6.92 Å². The Hall–Kier alpha value is -0.924. The van der Waals surface area contributed by atoms with E-state index in [0.29, 0.717) is 23.5 Å². The Morgan fingerprint density at radius 1 is 1.53 bits per heavy atom. The van der Waals surface area contributed by atoms with Gasteiger partial charge in [0.2, 0.25) is 0 Å². The molecule has 0 saturated carbocycles. The van der Waals surface area contributed by atoms with Crippen LogP contribution < -0.4 is 5.73 Å². The van der Waals surface area contributed by atoms with Gasteiger partial charge in [-0.1, -0.05) is 0 Å². The van der Waals surface area contributed by atoms with Gasteiger partial charge in [0.25, 0.3) is 0 Å². The van der Waals surface area contributed by atoms with Gasteiger partial charge in [0, 0.05) is 0 Å². The second-order valence-electron chi connectivity index (χ2n) is 3.18. The molecule has 0 bridgehead atoms. The molecule has 2 aromatic heterocycles. The molecule has 6 nitrogen and oxygen atoms in total. The van der Waals surface area contributed by atoms with Crippen LogP contribution >= 0.6 is 0 Å². The number of anilines is 1. The van der Waals surface area contributed by atoms with Gasteiger partial charge in [0.15, 0.2) is 11.5 Å². The van der Waals surface area contributed by atoms with Crippen LogP contribution in [0.1, 0.15) is 9.78 Å². The van der Waals surface area contributed by atoms with Crippen molar-refractivity contribution in [3.05, 3.63) is 12.7 Å². The molecule has 78 valence electrons. The van der Waals surface area contributed by atoms with Crippen molar-refractivity contribution in [3.63, 3.8) is 0 Å². The maximum Gasteiger partial charge on any atom is 2.00 e. The topological polar surface area (TPSA) is 89.8 Å². The maximum absolute atomic E-state index is 9.23. The quantitative estimate of drug-likeness (QED) is 0.673. The van der Waals surface area contributed by atoms with Crippen LogP contribution in [0, 0.1) is 0 Å². The maximum atomic E-state index is 9.23. The number of fused-ring (bicyclic) bond motifs is 1. The first-order valence-electron chi connectivity index (χ1n) is 4.28. The van der Waals surface area contributed by atoms with Crippen LogP contribution in [0.2, 0.25) is 0 Å². The number of hydrogen-bond donors (Lipinski definition) is 2. The van der Waals surface area contributed by atoms with Crippen LogP contribution in [0.5, 0.6) is 0 Å². The second kappa shape index (κ2) is 4.73. The van der Waals surface area contributed by atoms with Crippen LogP contribution in [-0.4, -0.2) is 53.8 Å². The molecule has 0 aliphatic rings. The average Bonchev–Trinajstić information content (AvgIpc) is 2.49. The van der Waals surface area contributed by atoms with Gasteiger partial charge < -0.3 is 18.3 Å². The van der Waals surface area contributed by atoms with Gasteiger partial charge in [0.05, 0.1) is 19.0 Å². The number of aliphatic hydroxyl groups is 1. The zero-order chi connectivity index (χ0) is 10.1. The Balaban J connectivity index is 0. The van der Waals surface area contributed by atoms with Crippen molar-refractivity contribution in [2.45, 2.75) is 19.6 Å². The molecule has 0 amide bonds. The summed E-state index contributed by atoms with van der Waals surface area (Å²) >= 11 is 0. The van der Waals surface area contributed by atoms with Crippen LogP contribution in [-0.2, 0) is 6.54 Å². The number of aliphatic hydroxyl groups excluding tert-OH is 1. The molecule has 0 fully saturated rings. The largest absolute Gasteiger partial charge is 2.00 e. The third-order valence-corrected chi connectivity index (χ3v) is 1.89. The number of nitrogen functional groups attached to an aromatic ring is 1.